The number of hydrogen-bond acceptors (Lipinski definition) is 8. The number of alkyl carbamates (subject to hydrolysis) is 1. The molecule has 9 nitrogen and oxygen atoms in total. The van der Waals surface area contributed by atoms with Crippen LogP contribution in [-0.2, 0) is 14.3 Å². The first kappa shape index (κ1) is 30.0. The van der Waals surface area contributed by atoms with E-state index < -0.39 is 29.8 Å². The van der Waals surface area contributed by atoms with Crippen molar-refractivity contribution in [2.45, 2.75) is 110 Å². The summed E-state index contributed by atoms with van der Waals surface area (Å²) in [6, 6.07) is -1.06. The zero-order chi connectivity index (χ0) is 26.9. The van der Waals surface area contributed by atoms with E-state index in [1.807, 2.05) is 13.8 Å². The van der Waals surface area contributed by atoms with E-state index in [2.05, 4.69) is 15.6 Å². The lowest BCUT2D eigenvalue weighted by atomic mass is 9.81. The molecular formula is C26H43N3O6S. The molecule has 1 aromatic rings. The van der Waals surface area contributed by atoms with E-state index in [1.54, 1.807) is 33.1 Å². The molecule has 0 aliphatic heterocycles. The van der Waals surface area contributed by atoms with Crippen LogP contribution in [0, 0.1) is 11.8 Å². The monoisotopic (exact) mass is 525 g/mol. The minimum absolute atomic E-state index is 0.111. The predicted molar refractivity (Wildman–Crippen MR) is 139 cm³/mol. The van der Waals surface area contributed by atoms with Crippen molar-refractivity contribution in [3.05, 3.63) is 16.1 Å². The molecule has 36 heavy (non-hydrogen) atoms. The topological polar surface area (TPSA) is 127 Å². The van der Waals surface area contributed by atoms with Crippen LogP contribution in [0.4, 0.5) is 4.79 Å². The molecule has 4 atom stereocenters. The van der Waals surface area contributed by atoms with Gasteiger partial charge in [-0.25, -0.2) is 14.6 Å². The van der Waals surface area contributed by atoms with Gasteiger partial charge in [0.15, 0.2) is 5.69 Å². The Morgan fingerprint density at radius 1 is 1.17 bits per heavy atom. The van der Waals surface area contributed by atoms with Crippen LogP contribution in [0.15, 0.2) is 5.38 Å². The summed E-state index contributed by atoms with van der Waals surface area (Å²) >= 11 is 1.20. The molecule has 0 spiro atoms. The SMILES string of the molecule is CCOC(=O)c1csc([C@H](O)C[C@@H](NC(=O)[C@@H](NC(=O)OC(C)(C)C)[C@H](C)CC)C2CCCCC2)n1. The molecule has 3 N–H and O–H groups in total. The van der Waals surface area contributed by atoms with Crippen molar-refractivity contribution in [2.24, 2.45) is 11.8 Å². The molecule has 2 amide bonds. The maximum Gasteiger partial charge on any atom is 0.408 e. The fraction of sp³-hybridized carbons (Fsp3) is 0.769. The first-order valence-electron chi connectivity index (χ1n) is 13.1. The number of aromatic nitrogens is 1. The molecule has 2 rings (SSSR count). The number of esters is 1. The van der Waals surface area contributed by atoms with Gasteiger partial charge in [0.25, 0.3) is 0 Å². The van der Waals surface area contributed by atoms with E-state index >= 15 is 0 Å². The molecular weight excluding hydrogens is 482 g/mol. The molecule has 0 aromatic carbocycles. The van der Waals surface area contributed by atoms with Gasteiger partial charge in [-0.15, -0.1) is 11.3 Å². The molecule has 1 fully saturated rings. The van der Waals surface area contributed by atoms with Gasteiger partial charge in [0, 0.05) is 17.8 Å². The number of nitrogens with one attached hydrogen (secondary N) is 2. The Bertz CT molecular complexity index is 862. The smallest absolute Gasteiger partial charge is 0.408 e. The van der Waals surface area contributed by atoms with Crippen molar-refractivity contribution in [1.82, 2.24) is 15.6 Å². The highest BCUT2D eigenvalue weighted by Gasteiger charge is 2.34. The highest BCUT2D eigenvalue weighted by atomic mass is 32.1. The van der Waals surface area contributed by atoms with Crippen LogP contribution in [-0.4, -0.2) is 52.4 Å². The van der Waals surface area contributed by atoms with Crippen molar-refractivity contribution in [2.75, 3.05) is 6.61 Å². The molecule has 204 valence electrons. The van der Waals surface area contributed by atoms with Crippen LogP contribution in [0.3, 0.4) is 0 Å². The number of nitrogens with zero attached hydrogens (tertiary/aromatic N) is 1. The fourth-order valence-electron chi connectivity index (χ4n) is 4.40. The van der Waals surface area contributed by atoms with E-state index in [9.17, 15) is 19.5 Å². The van der Waals surface area contributed by atoms with Crippen molar-refractivity contribution in [1.29, 1.82) is 0 Å². The number of aliphatic hydroxyl groups excluding tert-OH is 1. The third-order valence-electron chi connectivity index (χ3n) is 6.48. The van der Waals surface area contributed by atoms with Crippen LogP contribution >= 0.6 is 11.3 Å². The second kappa shape index (κ2) is 13.9. The summed E-state index contributed by atoms with van der Waals surface area (Å²) in [4.78, 5) is 42.1. The fourth-order valence-corrected chi connectivity index (χ4v) is 5.18. The van der Waals surface area contributed by atoms with Gasteiger partial charge >= 0.3 is 12.1 Å². The highest BCUT2D eigenvalue weighted by Crippen LogP contribution is 2.32. The first-order chi connectivity index (χ1) is 16.9. The van der Waals surface area contributed by atoms with Gasteiger partial charge in [0.05, 0.1) is 6.61 Å². The standard InChI is InChI=1S/C26H43N3O6S/c1-7-16(3)21(29-25(33)35-26(4,5)6)22(31)27-18(17-12-10-9-11-13-17)14-20(30)23-28-19(15-36-23)24(32)34-8-2/h15-18,20-21,30H,7-14H2,1-6H3,(H,27,31)(H,29,33)/t16-,18-,20-,21+/m1/s1. The molecule has 0 unspecified atom stereocenters. The van der Waals surface area contributed by atoms with Crippen molar-refractivity contribution < 1.29 is 29.0 Å². The molecule has 1 aliphatic rings. The normalized spacial score (nSPS) is 18.0. The second-order valence-electron chi connectivity index (χ2n) is 10.6. The number of thiazole rings is 1. The molecule has 0 radical (unpaired) electrons. The summed E-state index contributed by atoms with van der Waals surface area (Å²) in [6.45, 7) is 11.2. The lowest BCUT2D eigenvalue weighted by molar-refractivity contribution is -0.125. The number of rotatable bonds is 11. The Labute approximate surface area is 218 Å². The Hall–Kier alpha value is -2.20. The number of carbonyl (C=O) groups is 3. The third kappa shape index (κ3) is 9.35. The van der Waals surface area contributed by atoms with E-state index in [4.69, 9.17) is 9.47 Å². The number of carbonyl (C=O) groups excluding carboxylic acids is 3. The second-order valence-corrected chi connectivity index (χ2v) is 11.5. The third-order valence-corrected chi connectivity index (χ3v) is 7.43. The van der Waals surface area contributed by atoms with E-state index in [-0.39, 0.29) is 42.5 Å². The summed E-state index contributed by atoms with van der Waals surface area (Å²) in [6.07, 6.45) is 4.60. The van der Waals surface area contributed by atoms with Gasteiger partial charge in [-0.1, -0.05) is 39.5 Å². The zero-order valence-corrected chi connectivity index (χ0v) is 23.3. The van der Waals surface area contributed by atoms with Gasteiger partial charge in [-0.05, 0) is 52.4 Å². The molecule has 0 bridgehead atoms. The predicted octanol–water partition coefficient (Wildman–Crippen LogP) is 4.75. The lowest BCUT2D eigenvalue weighted by Crippen LogP contribution is -2.54. The van der Waals surface area contributed by atoms with Gasteiger partial charge in [-0.2, -0.15) is 0 Å². The summed E-state index contributed by atoms with van der Waals surface area (Å²) in [5.41, 5.74) is -0.502. The molecule has 1 aromatic heterocycles. The maximum absolute atomic E-state index is 13.4. The molecule has 0 saturated heterocycles. The van der Waals surface area contributed by atoms with Crippen molar-refractivity contribution in [3.8, 4) is 0 Å². The summed E-state index contributed by atoms with van der Waals surface area (Å²) in [5.74, 6) is -0.709. The van der Waals surface area contributed by atoms with E-state index in [1.165, 1.54) is 11.3 Å². The van der Waals surface area contributed by atoms with Crippen LogP contribution in [0.2, 0.25) is 0 Å². The molecule has 1 saturated carbocycles. The largest absolute Gasteiger partial charge is 0.461 e. The number of ether oxygens (including phenoxy) is 2. The lowest BCUT2D eigenvalue weighted by Gasteiger charge is -2.34. The Morgan fingerprint density at radius 3 is 2.42 bits per heavy atom. The van der Waals surface area contributed by atoms with Crippen LogP contribution in [0.1, 0.15) is 108 Å². The Morgan fingerprint density at radius 2 is 1.83 bits per heavy atom. The Balaban J connectivity index is 2.17. The van der Waals surface area contributed by atoms with E-state index in [0.717, 1.165) is 32.1 Å². The average molecular weight is 526 g/mol. The maximum atomic E-state index is 13.4. The first-order valence-corrected chi connectivity index (χ1v) is 13.9. The minimum atomic E-state index is -0.939. The van der Waals surface area contributed by atoms with Crippen molar-refractivity contribution >= 4 is 29.3 Å². The Kier molecular flexibility index (Phi) is 11.6. The average Bonchev–Trinajstić information content (AvgIpc) is 3.32. The number of amides is 2. The van der Waals surface area contributed by atoms with Crippen LogP contribution < -0.4 is 10.6 Å². The number of hydrogen-bond donors (Lipinski definition) is 3. The minimum Gasteiger partial charge on any atom is -0.461 e. The van der Waals surface area contributed by atoms with Crippen LogP contribution in [0.25, 0.3) is 0 Å². The number of aliphatic hydroxyl groups is 1. The summed E-state index contributed by atoms with van der Waals surface area (Å²) in [7, 11) is 0. The van der Waals surface area contributed by atoms with Gasteiger partial charge in [-0.3, -0.25) is 4.79 Å². The van der Waals surface area contributed by atoms with Gasteiger partial charge < -0.3 is 25.2 Å². The zero-order valence-electron chi connectivity index (χ0n) is 22.5. The summed E-state index contributed by atoms with van der Waals surface area (Å²) in [5, 5.41) is 18.9. The van der Waals surface area contributed by atoms with Crippen LogP contribution in [0.5, 0.6) is 0 Å². The van der Waals surface area contributed by atoms with Crippen molar-refractivity contribution in [3.63, 3.8) is 0 Å². The van der Waals surface area contributed by atoms with E-state index in [0.29, 0.717) is 11.4 Å². The molecule has 1 heterocycles. The van der Waals surface area contributed by atoms with Gasteiger partial charge in [0.1, 0.15) is 22.8 Å². The summed E-state index contributed by atoms with van der Waals surface area (Å²) < 4.78 is 10.4. The molecule has 10 heteroatoms. The van der Waals surface area contributed by atoms with Gasteiger partial charge in [0.2, 0.25) is 5.91 Å². The highest BCUT2D eigenvalue weighted by molar-refractivity contribution is 7.09. The quantitative estimate of drug-likeness (QED) is 0.356. The molecule has 1 aliphatic carbocycles.